The van der Waals surface area contributed by atoms with E-state index >= 15 is 0 Å². The first-order chi connectivity index (χ1) is 25.0. The molecule has 4 atom stereocenters. The molecule has 0 aromatic heterocycles. The summed E-state index contributed by atoms with van der Waals surface area (Å²) >= 11 is 0. The molecule has 0 spiro atoms. The molecule has 276 valence electrons. The fourth-order valence-corrected chi connectivity index (χ4v) is 13.8. The number of phenols is 1. The lowest BCUT2D eigenvalue weighted by Crippen LogP contribution is -2.66. The van der Waals surface area contributed by atoms with Gasteiger partial charge in [-0.2, -0.15) is 0 Å². The number of carbonyl (C=O) groups excluding carboxylic acids is 2. The van der Waals surface area contributed by atoms with Crippen molar-refractivity contribution in [2.45, 2.75) is 96.2 Å². The van der Waals surface area contributed by atoms with Crippen LogP contribution in [0.2, 0.25) is 5.04 Å². The van der Waals surface area contributed by atoms with Crippen LogP contribution in [0.3, 0.4) is 0 Å². The predicted octanol–water partition coefficient (Wildman–Crippen LogP) is 6.76. The van der Waals surface area contributed by atoms with Gasteiger partial charge in [-0.1, -0.05) is 124 Å². The van der Waals surface area contributed by atoms with Crippen molar-refractivity contribution < 1.29 is 29.3 Å². The third kappa shape index (κ3) is 7.49. The second-order valence-corrected chi connectivity index (χ2v) is 20.4. The van der Waals surface area contributed by atoms with E-state index in [2.05, 4.69) is 45.0 Å². The molecule has 1 saturated carbocycles. The molecule has 1 aliphatic heterocycles. The van der Waals surface area contributed by atoms with E-state index in [9.17, 15) is 24.9 Å². The zero-order valence-corrected chi connectivity index (χ0v) is 32.1. The van der Waals surface area contributed by atoms with Crippen LogP contribution in [0.5, 0.6) is 5.75 Å². The average Bonchev–Trinajstić information content (AvgIpc) is 3.39. The van der Waals surface area contributed by atoms with Gasteiger partial charge in [0.1, 0.15) is 5.75 Å². The SMILES string of the molecule is C/C(=C\c1cccc(O)c1)CC[C@@H](O)C1=C(CO[Si](c2ccccc2)(c2ccccc2)C(C)(C)C)C[C@H]2C(=O)N(C3CCCCC3)C(=O)[C@H]2[C@H]1CO. The van der Waals surface area contributed by atoms with E-state index in [1.54, 1.807) is 18.2 Å². The molecule has 8 heteroatoms. The number of imide groups is 1. The monoisotopic (exact) mass is 721 g/mol. The van der Waals surface area contributed by atoms with E-state index in [4.69, 9.17) is 4.43 Å². The first-order valence-electron chi connectivity index (χ1n) is 19.0. The van der Waals surface area contributed by atoms with Crippen LogP contribution >= 0.6 is 0 Å². The smallest absolute Gasteiger partial charge is 0.261 e. The third-order valence-corrected chi connectivity index (χ3v) is 16.7. The molecule has 7 nitrogen and oxygen atoms in total. The molecule has 52 heavy (non-hydrogen) atoms. The Morgan fingerprint density at radius 2 is 1.56 bits per heavy atom. The van der Waals surface area contributed by atoms with Crippen molar-refractivity contribution in [3.05, 3.63) is 107 Å². The maximum atomic E-state index is 14.2. The molecule has 1 saturated heterocycles. The number of aliphatic hydroxyl groups excluding tert-OH is 2. The van der Waals surface area contributed by atoms with Gasteiger partial charge in [-0.05, 0) is 83.3 Å². The lowest BCUT2D eigenvalue weighted by atomic mass is 9.68. The van der Waals surface area contributed by atoms with Gasteiger partial charge in [0.2, 0.25) is 11.8 Å². The molecular formula is C44H55NO6Si. The second-order valence-electron chi connectivity index (χ2n) is 16.1. The maximum Gasteiger partial charge on any atom is 0.261 e. The maximum absolute atomic E-state index is 14.2. The Morgan fingerprint density at radius 1 is 0.923 bits per heavy atom. The summed E-state index contributed by atoms with van der Waals surface area (Å²) in [7, 11) is -2.99. The third-order valence-electron chi connectivity index (χ3n) is 11.7. The van der Waals surface area contributed by atoms with E-state index in [0.717, 1.165) is 59.2 Å². The molecule has 2 aliphatic carbocycles. The van der Waals surface area contributed by atoms with Crippen LogP contribution in [0.25, 0.3) is 6.08 Å². The molecule has 3 N–H and O–H groups in total. The minimum Gasteiger partial charge on any atom is -0.508 e. The molecule has 3 aliphatic rings. The summed E-state index contributed by atoms with van der Waals surface area (Å²) in [5.74, 6) is -2.12. The Bertz CT molecular complexity index is 1740. The number of fused-ring (bicyclic) bond motifs is 1. The van der Waals surface area contributed by atoms with Crippen LogP contribution in [0.15, 0.2) is 102 Å². The zero-order valence-electron chi connectivity index (χ0n) is 31.1. The number of likely N-dealkylation sites (tertiary alicyclic amines) is 1. The summed E-state index contributed by atoms with van der Waals surface area (Å²) in [6.45, 7) is 8.51. The van der Waals surface area contributed by atoms with Gasteiger partial charge in [0.25, 0.3) is 8.32 Å². The minimum absolute atomic E-state index is 0.103. The van der Waals surface area contributed by atoms with Crippen molar-refractivity contribution in [1.29, 1.82) is 0 Å². The minimum atomic E-state index is -2.99. The first kappa shape index (κ1) is 37.9. The van der Waals surface area contributed by atoms with Crippen molar-refractivity contribution >= 4 is 36.6 Å². The summed E-state index contributed by atoms with van der Waals surface area (Å²) in [5, 5.41) is 35.2. The van der Waals surface area contributed by atoms with Gasteiger partial charge in [-0.15, -0.1) is 0 Å². The summed E-state index contributed by atoms with van der Waals surface area (Å²) in [5.41, 5.74) is 3.37. The van der Waals surface area contributed by atoms with Gasteiger partial charge in [-0.25, -0.2) is 0 Å². The van der Waals surface area contributed by atoms with Gasteiger partial charge in [0.15, 0.2) is 0 Å². The predicted molar refractivity (Wildman–Crippen MR) is 208 cm³/mol. The number of phenolic OH excluding ortho intramolecular Hbond substituents is 1. The molecule has 2 amide bonds. The van der Waals surface area contributed by atoms with Gasteiger partial charge in [-0.3, -0.25) is 14.5 Å². The van der Waals surface area contributed by atoms with Crippen molar-refractivity contribution in [3.8, 4) is 5.75 Å². The van der Waals surface area contributed by atoms with E-state index in [1.165, 1.54) is 4.90 Å². The van der Waals surface area contributed by atoms with E-state index < -0.39 is 32.2 Å². The Labute approximate surface area is 310 Å². The van der Waals surface area contributed by atoms with Crippen molar-refractivity contribution in [2.75, 3.05) is 13.2 Å². The summed E-state index contributed by atoms with van der Waals surface area (Å²) < 4.78 is 7.39. The fourth-order valence-electron chi connectivity index (χ4n) is 9.26. The zero-order chi connectivity index (χ0) is 37.0. The lowest BCUT2D eigenvalue weighted by Gasteiger charge is -2.44. The molecule has 1 heterocycles. The number of allylic oxidation sites excluding steroid dienone is 1. The standard InChI is InChI=1S/C44H55NO6Si/c1-30(25-31-15-14-18-34(47)26-31)23-24-39(48)40-32(27-37-41(38(40)28-46)43(50)45(42(37)49)33-16-8-5-9-17-33)29-51-52(44(2,3)4,35-19-10-6-11-20-35)36-21-12-7-13-22-36/h6-7,10-15,18-22,25-26,33,37-39,41,46-48H,5,8-9,16-17,23-24,27-29H2,1-4H3/b30-25+/t37-,38+,39-,41-/m1/s1. The number of hydrogen-bond donors (Lipinski definition) is 3. The topological polar surface area (TPSA) is 107 Å². The number of carbonyl (C=O) groups is 2. The Kier molecular flexibility index (Phi) is 11.7. The molecular weight excluding hydrogens is 667 g/mol. The van der Waals surface area contributed by atoms with Crippen LogP contribution in [0.4, 0.5) is 0 Å². The van der Waals surface area contributed by atoms with Gasteiger partial charge in [0, 0.05) is 12.0 Å². The normalized spacial score (nSPS) is 22.5. The van der Waals surface area contributed by atoms with Crippen LogP contribution in [-0.2, 0) is 14.0 Å². The number of rotatable bonds is 12. The summed E-state index contributed by atoms with van der Waals surface area (Å²) in [6.07, 6.45) is 7.04. The van der Waals surface area contributed by atoms with E-state index in [0.29, 0.717) is 24.8 Å². The van der Waals surface area contributed by atoms with Gasteiger partial charge in [0.05, 0.1) is 31.2 Å². The lowest BCUT2D eigenvalue weighted by molar-refractivity contribution is -0.143. The molecule has 0 bridgehead atoms. The van der Waals surface area contributed by atoms with Crippen LogP contribution in [0.1, 0.15) is 84.6 Å². The van der Waals surface area contributed by atoms with Crippen molar-refractivity contribution in [1.82, 2.24) is 4.90 Å². The highest BCUT2D eigenvalue weighted by Gasteiger charge is 2.57. The van der Waals surface area contributed by atoms with Crippen LogP contribution in [0, 0.1) is 17.8 Å². The Balaban J connectivity index is 1.39. The highest BCUT2D eigenvalue weighted by molar-refractivity contribution is 6.99. The summed E-state index contributed by atoms with van der Waals surface area (Å²) in [4.78, 5) is 30.0. The van der Waals surface area contributed by atoms with Crippen LogP contribution < -0.4 is 10.4 Å². The Hall–Kier alpha value is -3.82. The number of benzene rings is 3. The molecule has 3 aromatic carbocycles. The molecule has 2 fully saturated rings. The van der Waals surface area contributed by atoms with E-state index in [1.807, 2.05) is 55.5 Å². The second kappa shape index (κ2) is 16.0. The van der Waals surface area contributed by atoms with E-state index in [-0.39, 0.29) is 41.9 Å². The highest BCUT2D eigenvalue weighted by Crippen LogP contribution is 2.48. The first-order valence-corrected chi connectivity index (χ1v) is 21.0. The molecule has 6 rings (SSSR count). The molecule has 3 aromatic rings. The largest absolute Gasteiger partial charge is 0.508 e. The number of amides is 2. The van der Waals surface area contributed by atoms with Gasteiger partial charge < -0.3 is 19.7 Å². The number of nitrogens with zero attached hydrogens (tertiary/aromatic N) is 1. The molecule has 0 radical (unpaired) electrons. The number of hydrogen-bond acceptors (Lipinski definition) is 6. The quantitative estimate of drug-likeness (QED) is 0.109. The number of aliphatic hydroxyl groups is 2. The average molecular weight is 722 g/mol. The summed E-state index contributed by atoms with van der Waals surface area (Å²) in [6, 6.07) is 27.7. The highest BCUT2D eigenvalue weighted by atomic mass is 28.4. The van der Waals surface area contributed by atoms with Crippen LogP contribution in [-0.4, -0.2) is 65.7 Å². The van der Waals surface area contributed by atoms with Crippen molar-refractivity contribution in [2.24, 2.45) is 17.8 Å². The fraction of sp³-hybridized carbons (Fsp3) is 0.455. The van der Waals surface area contributed by atoms with Gasteiger partial charge >= 0.3 is 0 Å². The number of aromatic hydroxyl groups is 1. The van der Waals surface area contributed by atoms with Crippen molar-refractivity contribution in [3.63, 3.8) is 0 Å². The Morgan fingerprint density at radius 3 is 2.13 bits per heavy atom. The molecule has 0 unspecified atom stereocenters.